The molecule has 0 spiro atoms. The van der Waals surface area contributed by atoms with Crippen LogP contribution in [0.1, 0.15) is 6.92 Å². The Morgan fingerprint density at radius 3 is 2.22 bits per heavy atom. The second kappa shape index (κ2) is 5.52. The van der Waals surface area contributed by atoms with Crippen molar-refractivity contribution in [2.24, 2.45) is 0 Å². The molecule has 1 rings (SSSR count). The van der Waals surface area contributed by atoms with Gasteiger partial charge in [-0.15, -0.1) is 0 Å². The summed E-state index contributed by atoms with van der Waals surface area (Å²) in [5.74, 6) is -1.47. The zero-order chi connectivity index (χ0) is 14.1. The molecule has 0 aliphatic carbocycles. The number of rotatable bonds is 4. The molecular weight excluding hydrogens is 325 g/mol. The van der Waals surface area contributed by atoms with Gasteiger partial charge in [0.25, 0.3) is 0 Å². The van der Waals surface area contributed by atoms with Crippen molar-refractivity contribution in [1.29, 1.82) is 0 Å². The van der Waals surface area contributed by atoms with E-state index in [1.165, 1.54) is 12.1 Å². The van der Waals surface area contributed by atoms with Gasteiger partial charge in [-0.05, 0) is 19.1 Å². The van der Waals surface area contributed by atoms with E-state index in [0.29, 0.717) is 0 Å². The summed E-state index contributed by atoms with van der Waals surface area (Å²) in [6.07, 6.45) is 0. The lowest BCUT2D eigenvalue weighted by Crippen LogP contribution is -2.32. The number of carbonyl (C=O) groups is 1. The maximum atomic E-state index is 11.7. The van der Waals surface area contributed by atoms with Gasteiger partial charge >= 0.3 is 5.97 Å². The fourth-order valence-electron chi connectivity index (χ4n) is 0.975. The van der Waals surface area contributed by atoms with Gasteiger partial charge in [0.2, 0.25) is 10.0 Å². The highest BCUT2D eigenvalue weighted by Gasteiger charge is 2.28. The molecule has 1 aromatic carbocycles. The van der Waals surface area contributed by atoms with Crippen molar-refractivity contribution < 1.29 is 18.3 Å². The number of carboxylic acid groups (broad SMARTS) is 1. The van der Waals surface area contributed by atoms with Crippen molar-refractivity contribution in [3.63, 3.8) is 0 Å². The number of sulfonamides is 1. The van der Waals surface area contributed by atoms with Crippen molar-refractivity contribution in [2.75, 3.05) is 4.72 Å². The minimum atomic E-state index is -4.10. The van der Waals surface area contributed by atoms with Gasteiger partial charge < -0.3 is 5.11 Å². The van der Waals surface area contributed by atoms with Gasteiger partial charge in [0.05, 0.1) is 20.8 Å². The van der Waals surface area contributed by atoms with E-state index in [4.69, 9.17) is 39.9 Å². The van der Waals surface area contributed by atoms with E-state index < -0.39 is 21.2 Å². The van der Waals surface area contributed by atoms with Crippen LogP contribution in [0.2, 0.25) is 15.1 Å². The van der Waals surface area contributed by atoms with Crippen LogP contribution >= 0.6 is 34.8 Å². The highest BCUT2D eigenvalue weighted by molar-refractivity contribution is 7.94. The number of hydrogen-bond acceptors (Lipinski definition) is 3. The molecular formula is C9H8Cl3NO4S. The lowest BCUT2D eigenvalue weighted by atomic mass is 10.3. The summed E-state index contributed by atoms with van der Waals surface area (Å²) in [5.41, 5.74) is -0.0285. The third kappa shape index (κ3) is 3.41. The van der Waals surface area contributed by atoms with Crippen LogP contribution < -0.4 is 4.72 Å². The fourth-order valence-corrected chi connectivity index (χ4v) is 2.54. The second-order valence-electron chi connectivity index (χ2n) is 3.37. The fraction of sp³-hybridized carbons (Fsp3) is 0.222. The Morgan fingerprint density at radius 2 is 1.72 bits per heavy atom. The first-order chi connectivity index (χ1) is 8.15. The second-order valence-corrected chi connectivity index (χ2v) is 6.60. The number of nitrogens with one attached hydrogen (secondary N) is 1. The van der Waals surface area contributed by atoms with Crippen LogP contribution in [0.25, 0.3) is 0 Å². The standard InChI is InChI=1S/C9H8Cl3NO4S/c1-4(9(14)15)18(16,17)13-8-3-6(11)5(10)2-7(8)12/h2-4,13H,1H3,(H,14,15). The summed E-state index contributed by atoms with van der Waals surface area (Å²) in [5, 5.41) is 7.32. The van der Waals surface area contributed by atoms with Crippen molar-refractivity contribution in [3.8, 4) is 0 Å². The molecule has 1 unspecified atom stereocenters. The predicted molar refractivity (Wildman–Crippen MR) is 71.1 cm³/mol. The van der Waals surface area contributed by atoms with Crippen LogP contribution in [0.15, 0.2) is 12.1 Å². The molecule has 1 aromatic rings. The minimum absolute atomic E-state index is 0.0190. The molecule has 0 saturated heterocycles. The summed E-state index contributed by atoms with van der Waals surface area (Å²) in [7, 11) is -4.10. The molecule has 0 amide bonds. The smallest absolute Gasteiger partial charge is 0.323 e. The van der Waals surface area contributed by atoms with E-state index in [2.05, 4.69) is 4.72 Å². The van der Waals surface area contributed by atoms with Crippen LogP contribution in [0.4, 0.5) is 5.69 Å². The molecule has 18 heavy (non-hydrogen) atoms. The molecule has 1 atom stereocenters. The Balaban J connectivity index is 3.13. The molecule has 0 aliphatic heterocycles. The van der Waals surface area contributed by atoms with E-state index in [0.717, 1.165) is 6.92 Å². The van der Waals surface area contributed by atoms with E-state index >= 15 is 0 Å². The maximum Gasteiger partial charge on any atom is 0.323 e. The number of benzene rings is 1. The SMILES string of the molecule is CC(C(=O)O)S(=O)(=O)Nc1cc(Cl)c(Cl)cc1Cl. The number of anilines is 1. The minimum Gasteiger partial charge on any atom is -0.480 e. The first-order valence-corrected chi connectivity index (χ1v) is 7.22. The summed E-state index contributed by atoms with van der Waals surface area (Å²) in [6, 6.07) is 2.47. The average molecular weight is 333 g/mol. The summed E-state index contributed by atoms with van der Waals surface area (Å²) >= 11 is 17.2. The van der Waals surface area contributed by atoms with Crippen LogP contribution in [-0.4, -0.2) is 24.7 Å². The molecule has 0 saturated carbocycles. The summed E-state index contributed by atoms with van der Waals surface area (Å²) in [6.45, 7) is 1.04. The Labute approximate surface area is 119 Å². The van der Waals surface area contributed by atoms with Crippen LogP contribution in [-0.2, 0) is 14.8 Å². The van der Waals surface area contributed by atoms with Gasteiger partial charge in [-0.25, -0.2) is 8.42 Å². The monoisotopic (exact) mass is 331 g/mol. The highest BCUT2D eigenvalue weighted by atomic mass is 35.5. The van der Waals surface area contributed by atoms with E-state index in [9.17, 15) is 13.2 Å². The van der Waals surface area contributed by atoms with Gasteiger partial charge in [-0.1, -0.05) is 34.8 Å². The van der Waals surface area contributed by atoms with E-state index in [1.54, 1.807) is 0 Å². The van der Waals surface area contributed by atoms with E-state index in [-0.39, 0.29) is 20.8 Å². The van der Waals surface area contributed by atoms with Crippen molar-refractivity contribution >= 4 is 56.5 Å². The number of hydrogen-bond donors (Lipinski definition) is 2. The lowest BCUT2D eigenvalue weighted by Gasteiger charge is -2.13. The molecule has 0 aromatic heterocycles. The van der Waals surface area contributed by atoms with Gasteiger partial charge in [0.1, 0.15) is 0 Å². The number of halogens is 3. The van der Waals surface area contributed by atoms with Gasteiger partial charge in [0, 0.05) is 0 Å². The van der Waals surface area contributed by atoms with Gasteiger partial charge in [0.15, 0.2) is 5.25 Å². The van der Waals surface area contributed by atoms with Crippen molar-refractivity contribution in [3.05, 3.63) is 27.2 Å². The molecule has 0 fully saturated rings. The first kappa shape index (κ1) is 15.4. The molecule has 0 bridgehead atoms. The average Bonchev–Trinajstić information content (AvgIpc) is 2.24. The molecule has 0 heterocycles. The Kier molecular flexibility index (Phi) is 4.72. The molecule has 100 valence electrons. The quantitative estimate of drug-likeness (QED) is 0.830. The molecule has 0 radical (unpaired) electrons. The maximum absolute atomic E-state index is 11.7. The van der Waals surface area contributed by atoms with Gasteiger partial charge in [-0.2, -0.15) is 0 Å². The topological polar surface area (TPSA) is 83.5 Å². The number of carboxylic acids is 1. The Bertz CT molecular complexity index is 588. The number of aliphatic carboxylic acids is 1. The van der Waals surface area contributed by atoms with Crippen LogP contribution in [0.5, 0.6) is 0 Å². The van der Waals surface area contributed by atoms with Crippen molar-refractivity contribution in [2.45, 2.75) is 12.2 Å². The van der Waals surface area contributed by atoms with Crippen LogP contribution in [0, 0.1) is 0 Å². The largest absolute Gasteiger partial charge is 0.480 e. The van der Waals surface area contributed by atoms with Crippen LogP contribution in [0.3, 0.4) is 0 Å². The van der Waals surface area contributed by atoms with Crippen molar-refractivity contribution in [1.82, 2.24) is 0 Å². The zero-order valence-electron chi connectivity index (χ0n) is 8.95. The Hall–Kier alpha value is -0.690. The normalized spacial score (nSPS) is 13.1. The Morgan fingerprint density at radius 1 is 1.22 bits per heavy atom. The molecule has 9 heteroatoms. The molecule has 0 aliphatic rings. The summed E-state index contributed by atoms with van der Waals surface area (Å²) in [4.78, 5) is 10.6. The van der Waals surface area contributed by atoms with E-state index in [1.807, 2.05) is 0 Å². The highest BCUT2D eigenvalue weighted by Crippen LogP contribution is 2.33. The predicted octanol–water partition coefficient (Wildman–Crippen LogP) is 2.86. The first-order valence-electron chi connectivity index (χ1n) is 4.54. The van der Waals surface area contributed by atoms with Gasteiger partial charge in [-0.3, -0.25) is 9.52 Å². The zero-order valence-corrected chi connectivity index (χ0v) is 12.0. The summed E-state index contributed by atoms with van der Waals surface area (Å²) < 4.78 is 25.4. The third-order valence-electron chi connectivity index (χ3n) is 2.08. The molecule has 5 nitrogen and oxygen atoms in total. The third-order valence-corrected chi connectivity index (χ3v) is 4.75. The lowest BCUT2D eigenvalue weighted by molar-refractivity contribution is -0.136. The molecule has 2 N–H and O–H groups in total.